The van der Waals surface area contributed by atoms with E-state index in [1.54, 1.807) is 20.0 Å². The molecule has 0 spiro atoms. The van der Waals surface area contributed by atoms with E-state index in [0.717, 1.165) is 76.1 Å². The van der Waals surface area contributed by atoms with E-state index in [1.165, 1.54) is 4.90 Å². The minimum atomic E-state index is -1.25. The van der Waals surface area contributed by atoms with Gasteiger partial charge in [0.1, 0.15) is 30.2 Å². The first-order valence-corrected chi connectivity index (χ1v) is 20.7. The fraction of sp³-hybridized carbons (Fsp3) is 0.396. The average Bonchev–Trinajstić information content (AvgIpc) is 3.58. The first-order chi connectivity index (χ1) is 28.7. The van der Waals surface area contributed by atoms with Crippen LogP contribution in [0.1, 0.15) is 101 Å². The van der Waals surface area contributed by atoms with Gasteiger partial charge in [0.15, 0.2) is 29.2 Å². The highest BCUT2D eigenvalue weighted by atomic mass is 16.6. The molecule has 4 heterocycles. The smallest absolute Gasteiger partial charge is 0.326 e. The summed E-state index contributed by atoms with van der Waals surface area (Å²) < 4.78 is 24.7. The molecule has 312 valence electrons. The molecule has 0 unspecified atom stereocenters. The molecule has 2 amide bonds. The fourth-order valence-corrected chi connectivity index (χ4v) is 8.55. The fourth-order valence-electron chi connectivity index (χ4n) is 8.55. The van der Waals surface area contributed by atoms with Crippen LogP contribution < -0.4 is 19.5 Å². The number of carboxylic acids is 1. The van der Waals surface area contributed by atoms with Crippen molar-refractivity contribution in [1.82, 2.24) is 20.2 Å². The van der Waals surface area contributed by atoms with Crippen molar-refractivity contribution in [3.05, 3.63) is 124 Å². The van der Waals surface area contributed by atoms with Gasteiger partial charge < -0.3 is 34.0 Å². The summed E-state index contributed by atoms with van der Waals surface area (Å²) in [5, 5.41) is 13.1. The molecule has 0 saturated heterocycles. The number of carboxylic acid groups (broad SMARTS) is 1. The zero-order valence-electron chi connectivity index (χ0n) is 35.0. The Hall–Kier alpha value is -6.17. The topological polar surface area (TPSA) is 153 Å². The normalized spacial score (nSPS) is 18.9. The summed E-state index contributed by atoms with van der Waals surface area (Å²) in [6.07, 6.45) is 6.19. The number of carbonyl (C=O) groups excluding carboxylic acids is 2. The summed E-state index contributed by atoms with van der Waals surface area (Å²) in [5.74, 6) is 0.293. The van der Waals surface area contributed by atoms with Gasteiger partial charge in [-0.15, -0.1) is 0 Å². The largest absolute Gasteiger partial charge is 0.490 e. The van der Waals surface area contributed by atoms with Crippen molar-refractivity contribution in [2.75, 3.05) is 6.61 Å². The van der Waals surface area contributed by atoms with Gasteiger partial charge in [-0.05, 0) is 121 Å². The first kappa shape index (κ1) is 40.6. The van der Waals surface area contributed by atoms with E-state index in [9.17, 15) is 19.5 Å². The lowest BCUT2D eigenvalue weighted by molar-refractivity contribution is -0.142. The third kappa shape index (κ3) is 8.59. The molecule has 5 aromatic rings. The molecule has 1 saturated carbocycles. The van der Waals surface area contributed by atoms with E-state index >= 15 is 0 Å². The van der Waals surface area contributed by atoms with Crippen LogP contribution in [0.15, 0.2) is 77.3 Å². The van der Waals surface area contributed by atoms with Crippen molar-refractivity contribution in [3.63, 3.8) is 0 Å². The van der Waals surface area contributed by atoms with Gasteiger partial charge in [-0.3, -0.25) is 14.6 Å². The minimum absolute atomic E-state index is 0.0448. The van der Waals surface area contributed by atoms with Crippen LogP contribution in [-0.4, -0.2) is 62.6 Å². The SMILES string of the molecule is Cc1nc(C(=O)N2Cc3cc4c(cc3C[C@H]2C(=O)N[C@@H](Cc2ccc(-c3ccnc(C)c3C)cc2)C(=O)O)OC[C@H](c2ccc(OC3CCC(C)(C)CC3)cc2)O4)c(C)o1. The number of hydrogen-bond donors (Lipinski definition) is 2. The van der Waals surface area contributed by atoms with Crippen molar-refractivity contribution in [2.24, 2.45) is 5.41 Å². The third-order valence-corrected chi connectivity index (χ3v) is 12.3. The molecule has 0 bridgehead atoms. The van der Waals surface area contributed by atoms with Crippen LogP contribution in [0, 0.1) is 33.1 Å². The summed E-state index contributed by atoms with van der Waals surface area (Å²) in [5.41, 5.74) is 7.77. The van der Waals surface area contributed by atoms with E-state index in [4.69, 9.17) is 18.6 Å². The van der Waals surface area contributed by atoms with Gasteiger partial charge in [0.05, 0.1) is 6.10 Å². The lowest BCUT2D eigenvalue weighted by atomic mass is 9.76. The molecule has 1 aliphatic carbocycles. The number of nitrogens with one attached hydrogen (secondary N) is 1. The van der Waals surface area contributed by atoms with Gasteiger partial charge in [-0.25, -0.2) is 9.78 Å². The maximum Gasteiger partial charge on any atom is 0.326 e. The number of amides is 2. The monoisotopic (exact) mass is 812 g/mol. The molecule has 12 heteroatoms. The Bertz CT molecular complexity index is 2410. The van der Waals surface area contributed by atoms with Crippen molar-refractivity contribution in [2.45, 2.75) is 111 Å². The molecule has 3 atom stereocenters. The second-order valence-corrected chi connectivity index (χ2v) is 17.2. The molecular weight excluding hydrogens is 761 g/mol. The number of benzene rings is 3. The first-order valence-electron chi connectivity index (χ1n) is 20.7. The van der Waals surface area contributed by atoms with E-state index in [1.807, 2.05) is 80.6 Å². The number of aromatic nitrogens is 2. The molecule has 60 heavy (non-hydrogen) atoms. The number of pyridine rings is 1. The molecule has 12 nitrogen and oxygen atoms in total. The van der Waals surface area contributed by atoms with Gasteiger partial charge in [0.2, 0.25) is 5.91 Å². The second kappa shape index (κ2) is 16.5. The Labute approximate surface area is 350 Å². The highest BCUT2D eigenvalue weighted by molar-refractivity contribution is 5.98. The maximum atomic E-state index is 14.2. The Morgan fingerprint density at radius 2 is 1.67 bits per heavy atom. The highest BCUT2D eigenvalue weighted by Gasteiger charge is 2.39. The van der Waals surface area contributed by atoms with Crippen LogP contribution >= 0.6 is 0 Å². The minimum Gasteiger partial charge on any atom is -0.490 e. The number of oxazole rings is 1. The zero-order valence-corrected chi connectivity index (χ0v) is 35.0. The molecular formula is C48H52N4O8. The summed E-state index contributed by atoms with van der Waals surface area (Å²) in [4.78, 5) is 51.2. The predicted octanol–water partition coefficient (Wildman–Crippen LogP) is 8.21. The number of fused-ring (bicyclic) bond motifs is 2. The number of rotatable bonds is 10. The number of nitrogens with zero attached hydrogens (tertiary/aromatic N) is 3. The van der Waals surface area contributed by atoms with Crippen molar-refractivity contribution < 1.29 is 38.1 Å². The Morgan fingerprint density at radius 3 is 2.35 bits per heavy atom. The predicted molar refractivity (Wildman–Crippen MR) is 224 cm³/mol. The Morgan fingerprint density at radius 1 is 0.950 bits per heavy atom. The van der Waals surface area contributed by atoms with Gasteiger partial charge in [-0.1, -0.05) is 50.2 Å². The molecule has 8 rings (SSSR count). The molecule has 1 fully saturated rings. The van der Waals surface area contributed by atoms with Gasteiger partial charge in [0, 0.05) is 38.2 Å². The van der Waals surface area contributed by atoms with Crippen molar-refractivity contribution in [1.29, 1.82) is 0 Å². The van der Waals surface area contributed by atoms with Crippen LogP contribution in [0.3, 0.4) is 0 Å². The number of aliphatic carboxylic acids is 1. The van der Waals surface area contributed by atoms with E-state index < -0.39 is 29.9 Å². The van der Waals surface area contributed by atoms with Crippen molar-refractivity contribution >= 4 is 17.8 Å². The molecule has 2 aliphatic heterocycles. The lowest BCUT2D eigenvalue weighted by Gasteiger charge is -2.37. The molecule has 2 aromatic heterocycles. The molecule has 3 aliphatic rings. The standard InChI is InChI=1S/C48H52N4O8/c1-27-28(2)49-20-17-38(27)32-9-7-31(8-10-32)21-39(47(55)56)51-45(53)40-22-34-23-41-42(24-35(34)25-52(40)46(54)44-29(3)58-30(4)50-44)60-43(26-57-41)33-11-13-36(14-12-33)59-37-15-18-48(5,6)19-16-37/h7-14,17,20,23-24,37,39-40,43H,15-16,18-19,21-22,25-26H2,1-6H3,(H,51,53)(H,55,56)/t39-,40-,43+/m0/s1. The van der Waals surface area contributed by atoms with Crippen LogP contribution in [0.4, 0.5) is 0 Å². The highest BCUT2D eigenvalue weighted by Crippen LogP contribution is 2.42. The van der Waals surface area contributed by atoms with Gasteiger partial charge >= 0.3 is 5.97 Å². The number of ether oxygens (including phenoxy) is 3. The Kier molecular flexibility index (Phi) is 11.1. The van der Waals surface area contributed by atoms with Gasteiger partial charge in [0.25, 0.3) is 5.91 Å². The molecule has 3 aromatic carbocycles. The van der Waals surface area contributed by atoms with Crippen molar-refractivity contribution in [3.8, 4) is 28.4 Å². The van der Waals surface area contributed by atoms with Crippen LogP contribution in [-0.2, 0) is 29.0 Å². The Balaban J connectivity index is 0.994. The molecule has 0 radical (unpaired) electrons. The summed E-state index contributed by atoms with van der Waals surface area (Å²) in [6.45, 7) is 12.3. The summed E-state index contributed by atoms with van der Waals surface area (Å²) in [7, 11) is 0. The van der Waals surface area contributed by atoms with Gasteiger partial charge in [-0.2, -0.15) is 0 Å². The quantitative estimate of drug-likeness (QED) is 0.141. The lowest BCUT2D eigenvalue weighted by Crippen LogP contribution is -2.56. The molecule has 2 N–H and O–H groups in total. The number of aryl methyl sites for hydroxylation is 3. The van der Waals surface area contributed by atoms with Crippen LogP contribution in [0.5, 0.6) is 17.2 Å². The van der Waals surface area contributed by atoms with E-state index in [2.05, 4.69) is 29.1 Å². The van der Waals surface area contributed by atoms with E-state index in [0.29, 0.717) is 28.6 Å². The van der Waals surface area contributed by atoms with Crippen LogP contribution in [0.2, 0.25) is 0 Å². The number of hydrogen-bond acceptors (Lipinski definition) is 9. The van der Waals surface area contributed by atoms with E-state index in [-0.39, 0.29) is 43.9 Å². The van der Waals surface area contributed by atoms with Crippen LogP contribution in [0.25, 0.3) is 11.1 Å². The maximum absolute atomic E-state index is 14.2. The summed E-state index contributed by atoms with van der Waals surface area (Å²) in [6, 6.07) is 19.0. The third-order valence-electron chi connectivity index (χ3n) is 12.3. The second-order valence-electron chi connectivity index (χ2n) is 17.2. The summed E-state index contributed by atoms with van der Waals surface area (Å²) >= 11 is 0. The number of carbonyl (C=O) groups is 3. The zero-order chi connectivity index (χ0) is 42.3. The average molecular weight is 813 g/mol.